The molecule has 7 heteroatoms. The van der Waals surface area contributed by atoms with Crippen LogP contribution in [0, 0.1) is 24.2 Å². The van der Waals surface area contributed by atoms with Crippen molar-refractivity contribution in [2.24, 2.45) is 0 Å². The molecule has 0 saturated heterocycles. The van der Waals surface area contributed by atoms with Crippen molar-refractivity contribution in [2.75, 3.05) is 13.2 Å². The summed E-state index contributed by atoms with van der Waals surface area (Å²) in [5.74, 6) is 7.48. The molecule has 6 nitrogen and oxygen atoms in total. The van der Waals surface area contributed by atoms with E-state index in [0.29, 0.717) is 17.3 Å². The third-order valence-electron chi connectivity index (χ3n) is 3.02. The molecule has 3 atom stereocenters. The van der Waals surface area contributed by atoms with E-state index in [-0.39, 0.29) is 13.2 Å². The molecular weight excluding hydrogens is 392 g/mol. The number of rotatable bonds is 7. The van der Waals surface area contributed by atoms with E-state index in [0.717, 1.165) is 6.42 Å². The fourth-order valence-corrected chi connectivity index (χ4v) is 2.43. The van der Waals surface area contributed by atoms with Crippen molar-refractivity contribution in [1.82, 2.24) is 0 Å². The summed E-state index contributed by atoms with van der Waals surface area (Å²) >= 11 is 3.34. The first kappa shape index (κ1) is 21.2. The van der Waals surface area contributed by atoms with E-state index < -0.39 is 30.4 Å². The monoisotopic (exact) mass is 412 g/mol. The van der Waals surface area contributed by atoms with Crippen molar-refractivity contribution in [3.8, 4) is 24.2 Å². The number of hydrogen-bond acceptors (Lipinski definition) is 6. The Kier molecular flexibility index (Phi) is 9.94. The van der Waals surface area contributed by atoms with Gasteiger partial charge in [-0.3, -0.25) is 9.59 Å². The summed E-state index contributed by atoms with van der Waals surface area (Å²) in [6.45, 7) is 2.70. The van der Waals surface area contributed by atoms with E-state index in [4.69, 9.17) is 25.4 Å². The van der Waals surface area contributed by atoms with E-state index in [1.54, 1.807) is 6.08 Å². The Morgan fingerprint density at radius 1 is 1.28 bits per heavy atom. The van der Waals surface area contributed by atoms with Gasteiger partial charge in [0.25, 0.3) is 0 Å². The van der Waals surface area contributed by atoms with Gasteiger partial charge in [0.15, 0.2) is 12.4 Å². The van der Waals surface area contributed by atoms with Crippen LogP contribution in [-0.4, -0.2) is 43.7 Å². The van der Waals surface area contributed by atoms with Gasteiger partial charge >= 0.3 is 11.9 Å². The average Bonchev–Trinajstić information content (AvgIpc) is 2.54. The first-order chi connectivity index (χ1) is 11.9. The highest BCUT2D eigenvalue weighted by atomic mass is 79.9. The Balaban J connectivity index is 2.60. The number of carbonyl (C=O) groups excluding carboxylic acids is 2. The van der Waals surface area contributed by atoms with Gasteiger partial charge in [-0.15, -0.1) is 18.3 Å². The third-order valence-corrected chi connectivity index (χ3v) is 3.66. The highest BCUT2D eigenvalue weighted by Gasteiger charge is 2.34. The Labute approximate surface area is 156 Å². The lowest BCUT2D eigenvalue weighted by atomic mass is 10.1. The molecule has 0 fully saturated rings. The number of halogens is 1. The molecule has 0 aliphatic carbocycles. The molecule has 0 aromatic heterocycles. The summed E-state index contributed by atoms with van der Waals surface area (Å²) < 4.78 is 22.0. The van der Waals surface area contributed by atoms with Gasteiger partial charge in [0.2, 0.25) is 0 Å². The maximum absolute atomic E-state index is 11.2. The molecule has 0 unspecified atom stereocenters. The number of unbranched alkanes of at least 4 members (excludes halogenated alkanes) is 2. The minimum absolute atomic E-state index is 0.0539. The number of hydrogen-bond donors (Lipinski definition) is 0. The van der Waals surface area contributed by atoms with Crippen LogP contribution in [0.2, 0.25) is 0 Å². The molecule has 0 saturated carbocycles. The molecule has 1 aliphatic heterocycles. The Morgan fingerprint density at radius 2 is 2.04 bits per heavy atom. The standard InChI is InChI=1S/C18H21BrO6/c1-4-5-6-7-8-9-10-22-18-15(19)11-16(24-14(3)21)17(25-18)12-23-13(2)20/h1,11,16-18H,5-7,10,12H2,2-3H3/t16-,17+,18-/m0/s1. The van der Waals surface area contributed by atoms with Crippen LogP contribution in [0.4, 0.5) is 0 Å². The quantitative estimate of drug-likeness (QED) is 0.363. The Bertz CT molecular complexity index is 595. The zero-order chi connectivity index (χ0) is 18.7. The maximum Gasteiger partial charge on any atom is 0.303 e. The summed E-state index contributed by atoms with van der Waals surface area (Å²) in [7, 11) is 0. The molecule has 0 spiro atoms. The second-order valence-corrected chi connectivity index (χ2v) is 6.07. The molecule has 1 rings (SSSR count). The van der Waals surface area contributed by atoms with Crippen LogP contribution >= 0.6 is 15.9 Å². The number of terminal acetylenes is 1. The van der Waals surface area contributed by atoms with Crippen LogP contribution in [0.5, 0.6) is 0 Å². The Hall–Kier alpha value is -1.80. The molecule has 0 N–H and O–H groups in total. The highest BCUT2D eigenvalue weighted by molar-refractivity contribution is 9.11. The van der Waals surface area contributed by atoms with E-state index in [9.17, 15) is 9.59 Å². The van der Waals surface area contributed by atoms with Gasteiger partial charge in [-0.05, 0) is 12.5 Å². The number of carbonyl (C=O) groups is 2. The SMILES string of the molecule is C#CCCCC#CCO[C@H]1O[C@H](COC(C)=O)[C@@H](OC(C)=O)C=C1Br. The van der Waals surface area contributed by atoms with Crippen molar-refractivity contribution < 1.29 is 28.5 Å². The van der Waals surface area contributed by atoms with Crippen LogP contribution < -0.4 is 0 Å². The van der Waals surface area contributed by atoms with Gasteiger partial charge in [0.05, 0.1) is 4.48 Å². The summed E-state index contributed by atoms with van der Waals surface area (Å²) in [4.78, 5) is 22.2. The molecule has 1 aliphatic rings. The van der Waals surface area contributed by atoms with Crippen LogP contribution in [-0.2, 0) is 28.5 Å². The summed E-state index contributed by atoms with van der Waals surface area (Å²) in [6, 6.07) is 0. The molecule has 0 aromatic carbocycles. The minimum Gasteiger partial charge on any atom is -0.463 e. The topological polar surface area (TPSA) is 71.1 Å². The van der Waals surface area contributed by atoms with Crippen LogP contribution in [0.25, 0.3) is 0 Å². The second-order valence-electron chi connectivity index (χ2n) is 5.16. The van der Waals surface area contributed by atoms with Crippen molar-refractivity contribution in [3.63, 3.8) is 0 Å². The molecule has 0 aromatic rings. The van der Waals surface area contributed by atoms with Crippen LogP contribution in [0.15, 0.2) is 10.6 Å². The molecular formula is C18H21BrO6. The zero-order valence-corrected chi connectivity index (χ0v) is 15.8. The molecule has 1 heterocycles. The van der Waals surface area contributed by atoms with E-state index in [2.05, 4.69) is 33.7 Å². The smallest absolute Gasteiger partial charge is 0.303 e. The Morgan fingerprint density at radius 3 is 2.68 bits per heavy atom. The van der Waals surface area contributed by atoms with Gasteiger partial charge in [0.1, 0.15) is 19.3 Å². The van der Waals surface area contributed by atoms with E-state index >= 15 is 0 Å². The fraction of sp³-hybridized carbons (Fsp3) is 0.556. The number of ether oxygens (including phenoxy) is 4. The molecule has 0 radical (unpaired) electrons. The van der Waals surface area contributed by atoms with Gasteiger partial charge in [0, 0.05) is 26.7 Å². The van der Waals surface area contributed by atoms with E-state index in [1.165, 1.54) is 13.8 Å². The van der Waals surface area contributed by atoms with E-state index in [1.807, 2.05) is 0 Å². The van der Waals surface area contributed by atoms with Crippen molar-refractivity contribution >= 4 is 27.9 Å². The lowest BCUT2D eigenvalue weighted by Gasteiger charge is -2.32. The lowest BCUT2D eigenvalue weighted by Crippen LogP contribution is -2.43. The molecule has 0 amide bonds. The summed E-state index contributed by atoms with van der Waals surface area (Å²) in [5, 5.41) is 0. The molecule has 136 valence electrons. The largest absolute Gasteiger partial charge is 0.463 e. The van der Waals surface area contributed by atoms with Gasteiger partial charge in [-0.1, -0.05) is 21.9 Å². The summed E-state index contributed by atoms with van der Waals surface area (Å²) in [6.07, 6.45) is 7.02. The van der Waals surface area contributed by atoms with Crippen LogP contribution in [0.1, 0.15) is 33.1 Å². The fourth-order valence-electron chi connectivity index (χ4n) is 1.93. The molecule has 25 heavy (non-hydrogen) atoms. The van der Waals surface area contributed by atoms with Gasteiger partial charge in [-0.25, -0.2) is 0 Å². The first-order valence-corrected chi connectivity index (χ1v) is 8.57. The third kappa shape index (κ3) is 8.74. The van der Waals surface area contributed by atoms with Gasteiger partial charge < -0.3 is 18.9 Å². The predicted molar refractivity (Wildman–Crippen MR) is 94.3 cm³/mol. The highest BCUT2D eigenvalue weighted by Crippen LogP contribution is 2.27. The van der Waals surface area contributed by atoms with Crippen molar-refractivity contribution in [2.45, 2.75) is 51.6 Å². The first-order valence-electron chi connectivity index (χ1n) is 7.78. The molecule has 0 bridgehead atoms. The minimum atomic E-state index is -0.715. The average molecular weight is 413 g/mol. The van der Waals surface area contributed by atoms with Gasteiger partial charge in [-0.2, -0.15) is 0 Å². The normalized spacial score (nSPS) is 22.0. The predicted octanol–water partition coefficient (Wildman–Crippen LogP) is 2.31. The number of esters is 2. The summed E-state index contributed by atoms with van der Waals surface area (Å²) in [5.41, 5.74) is 0. The van der Waals surface area contributed by atoms with Crippen molar-refractivity contribution in [3.05, 3.63) is 10.6 Å². The lowest BCUT2D eigenvalue weighted by molar-refractivity contribution is -0.194. The zero-order valence-electron chi connectivity index (χ0n) is 14.2. The second kappa shape index (κ2) is 11.7. The van der Waals surface area contributed by atoms with Crippen molar-refractivity contribution in [1.29, 1.82) is 0 Å². The maximum atomic E-state index is 11.2. The van der Waals surface area contributed by atoms with Crippen LogP contribution in [0.3, 0.4) is 0 Å².